The first kappa shape index (κ1) is 20.0. The van der Waals surface area contributed by atoms with Gasteiger partial charge in [-0.2, -0.15) is 0 Å². The maximum atomic E-state index is 13.7. The fraction of sp³-hybridized carbons (Fsp3) is 0.0526. The first-order valence-corrected chi connectivity index (χ1v) is 9.75. The average molecular weight is 462 g/mol. The van der Waals surface area contributed by atoms with Crippen molar-refractivity contribution in [1.29, 1.82) is 0 Å². The van der Waals surface area contributed by atoms with Crippen LogP contribution in [0.3, 0.4) is 0 Å². The molecule has 0 aliphatic rings. The van der Waals surface area contributed by atoms with Crippen LogP contribution in [-0.4, -0.2) is 27.0 Å². The van der Waals surface area contributed by atoms with Crippen LogP contribution in [0.2, 0.25) is 0 Å². The van der Waals surface area contributed by atoms with Crippen molar-refractivity contribution < 1.29 is 19.1 Å². The molecule has 0 aliphatic carbocycles. The monoisotopic (exact) mass is 461 g/mol. The number of rotatable bonds is 6. The van der Waals surface area contributed by atoms with E-state index in [-0.39, 0.29) is 17.1 Å². The quantitative estimate of drug-likeness (QED) is 0.410. The van der Waals surface area contributed by atoms with Gasteiger partial charge in [-0.05, 0) is 45.8 Å². The Labute approximate surface area is 172 Å². The summed E-state index contributed by atoms with van der Waals surface area (Å²) < 4.78 is 14.1. The number of hydrogen-bond donors (Lipinski definition) is 2. The zero-order valence-electron chi connectivity index (χ0n) is 14.2. The van der Waals surface area contributed by atoms with Crippen LogP contribution in [0.25, 0.3) is 0 Å². The molecule has 0 aliphatic heterocycles. The molecule has 3 aromatic rings. The molecule has 142 valence electrons. The summed E-state index contributed by atoms with van der Waals surface area (Å²) in [6.45, 7) is 0. The molecular weight excluding hydrogens is 449 g/mol. The Hall–Kier alpha value is -2.78. The number of carboxylic acid groups (broad SMARTS) is 1. The van der Waals surface area contributed by atoms with Crippen LogP contribution in [0.15, 0.2) is 64.4 Å². The molecule has 3 rings (SSSR count). The lowest BCUT2D eigenvalue weighted by Crippen LogP contribution is -2.15. The molecule has 28 heavy (non-hydrogen) atoms. The number of carbonyl (C=O) groups excluding carboxylic acids is 1. The third-order valence-electron chi connectivity index (χ3n) is 3.62. The molecule has 2 aromatic carbocycles. The van der Waals surface area contributed by atoms with Gasteiger partial charge in [-0.1, -0.05) is 36.0 Å². The van der Waals surface area contributed by atoms with E-state index in [0.29, 0.717) is 26.6 Å². The zero-order chi connectivity index (χ0) is 20.1. The number of carboxylic acids is 1. The van der Waals surface area contributed by atoms with Gasteiger partial charge in [-0.15, -0.1) is 0 Å². The van der Waals surface area contributed by atoms with Crippen molar-refractivity contribution in [2.24, 2.45) is 0 Å². The van der Waals surface area contributed by atoms with Gasteiger partial charge in [0.05, 0.1) is 10.0 Å². The van der Waals surface area contributed by atoms with Gasteiger partial charge in [0, 0.05) is 17.6 Å². The molecule has 0 unspecified atom stereocenters. The lowest BCUT2D eigenvalue weighted by atomic mass is 10.2. The standard InChI is InChI=1S/C19H13BrFN3O3S/c20-14-9-22-19(28-10-12-4-1-2-7-15(12)21)24-16(14)17(25)23-13-6-3-5-11(8-13)18(26)27/h1-9H,10H2,(H,23,25)(H,26,27). The van der Waals surface area contributed by atoms with Crippen LogP contribution in [0, 0.1) is 5.82 Å². The fourth-order valence-corrected chi connectivity index (χ4v) is 3.43. The summed E-state index contributed by atoms with van der Waals surface area (Å²) >= 11 is 4.44. The summed E-state index contributed by atoms with van der Waals surface area (Å²) in [5.74, 6) is -1.62. The Bertz CT molecular complexity index is 1050. The van der Waals surface area contributed by atoms with E-state index in [0.717, 1.165) is 0 Å². The van der Waals surface area contributed by atoms with Crippen LogP contribution < -0.4 is 5.32 Å². The van der Waals surface area contributed by atoms with Gasteiger partial charge >= 0.3 is 5.97 Å². The fourth-order valence-electron chi connectivity index (χ4n) is 2.26. The number of nitrogens with one attached hydrogen (secondary N) is 1. The Morgan fingerprint density at radius 2 is 1.96 bits per heavy atom. The number of benzene rings is 2. The molecule has 2 N–H and O–H groups in total. The van der Waals surface area contributed by atoms with Crippen molar-refractivity contribution in [3.05, 3.63) is 81.8 Å². The molecule has 0 bridgehead atoms. The highest BCUT2D eigenvalue weighted by atomic mass is 79.9. The average Bonchev–Trinajstić information content (AvgIpc) is 2.68. The van der Waals surface area contributed by atoms with E-state index in [1.165, 1.54) is 42.2 Å². The molecule has 0 spiro atoms. The van der Waals surface area contributed by atoms with Crippen molar-refractivity contribution in [2.75, 3.05) is 5.32 Å². The van der Waals surface area contributed by atoms with Crippen molar-refractivity contribution in [3.63, 3.8) is 0 Å². The van der Waals surface area contributed by atoms with Crippen molar-refractivity contribution >= 4 is 45.3 Å². The number of nitrogens with zero attached hydrogens (tertiary/aromatic N) is 2. The second-order valence-corrected chi connectivity index (χ2v) is 7.37. The van der Waals surface area contributed by atoms with Gasteiger partial charge in [-0.25, -0.2) is 19.2 Å². The minimum absolute atomic E-state index is 0.0562. The van der Waals surface area contributed by atoms with E-state index in [1.807, 2.05) is 0 Å². The molecule has 0 saturated carbocycles. The van der Waals surface area contributed by atoms with Crippen molar-refractivity contribution in [3.8, 4) is 0 Å². The molecule has 0 atom stereocenters. The van der Waals surface area contributed by atoms with Gasteiger partial charge in [0.15, 0.2) is 5.16 Å². The Kier molecular flexibility index (Phi) is 6.37. The lowest BCUT2D eigenvalue weighted by molar-refractivity contribution is 0.0696. The van der Waals surface area contributed by atoms with Crippen molar-refractivity contribution in [2.45, 2.75) is 10.9 Å². The predicted octanol–water partition coefficient (Wildman–Crippen LogP) is 4.62. The third kappa shape index (κ3) is 4.93. The lowest BCUT2D eigenvalue weighted by Gasteiger charge is -2.08. The largest absolute Gasteiger partial charge is 0.478 e. The predicted molar refractivity (Wildman–Crippen MR) is 107 cm³/mol. The Morgan fingerprint density at radius 1 is 1.18 bits per heavy atom. The molecule has 6 nitrogen and oxygen atoms in total. The highest BCUT2D eigenvalue weighted by Gasteiger charge is 2.15. The normalized spacial score (nSPS) is 10.5. The minimum atomic E-state index is -1.09. The molecule has 1 heterocycles. The molecule has 1 amide bonds. The van der Waals surface area contributed by atoms with E-state index >= 15 is 0 Å². The summed E-state index contributed by atoms with van der Waals surface area (Å²) in [6, 6.07) is 12.3. The van der Waals surface area contributed by atoms with E-state index in [2.05, 4.69) is 31.2 Å². The first-order chi connectivity index (χ1) is 13.4. The third-order valence-corrected chi connectivity index (χ3v) is 5.11. The number of aromatic nitrogens is 2. The molecule has 0 saturated heterocycles. The van der Waals surface area contributed by atoms with Gasteiger partial charge in [0.1, 0.15) is 11.5 Å². The minimum Gasteiger partial charge on any atom is -0.478 e. The second kappa shape index (κ2) is 8.94. The van der Waals surface area contributed by atoms with E-state index in [4.69, 9.17) is 5.11 Å². The second-order valence-electron chi connectivity index (χ2n) is 5.57. The summed E-state index contributed by atoms with van der Waals surface area (Å²) in [5, 5.41) is 12.0. The molecular formula is C19H13BrFN3O3S. The van der Waals surface area contributed by atoms with E-state index < -0.39 is 11.9 Å². The van der Waals surface area contributed by atoms with Crippen LogP contribution in [0.5, 0.6) is 0 Å². The highest BCUT2D eigenvalue weighted by molar-refractivity contribution is 9.10. The molecule has 0 radical (unpaired) electrons. The molecule has 9 heteroatoms. The maximum absolute atomic E-state index is 13.7. The SMILES string of the molecule is O=C(O)c1cccc(NC(=O)c2nc(SCc3ccccc3F)ncc2Br)c1. The van der Waals surface area contributed by atoms with Gasteiger partial charge < -0.3 is 10.4 Å². The number of aromatic carboxylic acids is 1. The molecule has 0 fully saturated rings. The maximum Gasteiger partial charge on any atom is 0.335 e. The van der Waals surface area contributed by atoms with E-state index in [9.17, 15) is 14.0 Å². The summed E-state index contributed by atoms with van der Waals surface area (Å²) in [7, 11) is 0. The van der Waals surface area contributed by atoms with Crippen LogP contribution in [0.1, 0.15) is 26.4 Å². The van der Waals surface area contributed by atoms with Crippen LogP contribution in [0.4, 0.5) is 10.1 Å². The zero-order valence-corrected chi connectivity index (χ0v) is 16.6. The number of amides is 1. The number of hydrogen-bond acceptors (Lipinski definition) is 5. The molecule has 1 aromatic heterocycles. The number of anilines is 1. The highest BCUT2D eigenvalue weighted by Crippen LogP contribution is 2.24. The Morgan fingerprint density at radius 3 is 2.71 bits per heavy atom. The van der Waals surface area contributed by atoms with Gasteiger partial charge in [-0.3, -0.25) is 4.79 Å². The van der Waals surface area contributed by atoms with Crippen LogP contribution in [-0.2, 0) is 5.75 Å². The summed E-state index contributed by atoms with van der Waals surface area (Å²) in [6.07, 6.45) is 1.44. The summed E-state index contributed by atoms with van der Waals surface area (Å²) in [4.78, 5) is 32.0. The first-order valence-electron chi connectivity index (χ1n) is 7.97. The number of thioether (sulfide) groups is 1. The van der Waals surface area contributed by atoms with Crippen LogP contribution >= 0.6 is 27.7 Å². The van der Waals surface area contributed by atoms with Gasteiger partial charge in [0.2, 0.25) is 0 Å². The summed E-state index contributed by atoms with van der Waals surface area (Å²) in [5.41, 5.74) is 0.985. The van der Waals surface area contributed by atoms with Gasteiger partial charge in [0.25, 0.3) is 5.91 Å². The number of carbonyl (C=O) groups is 2. The van der Waals surface area contributed by atoms with Crippen molar-refractivity contribution in [1.82, 2.24) is 9.97 Å². The topological polar surface area (TPSA) is 92.2 Å². The van der Waals surface area contributed by atoms with E-state index in [1.54, 1.807) is 24.3 Å². The smallest absolute Gasteiger partial charge is 0.335 e. The number of halogens is 2. The Balaban J connectivity index is 1.75.